The summed E-state index contributed by atoms with van der Waals surface area (Å²) >= 11 is 0. The first-order valence-electron chi connectivity index (χ1n) is 24.2. The molecule has 5 heterocycles. The molecule has 366 valence electrons. The number of esters is 1. The second-order valence-corrected chi connectivity index (χ2v) is 20.5. The number of nitrogens with zero attached hydrogens (tertiary/aromatic N) is 6. The van der Waals surface area contributed by atoms with Crippen molar-refractivity contribution in [1.82, 2.24) is 40.0 Å². The van der Waals surface area contributed by atoms with Crippen LogP contribution in [-0.2, 0) is 61.2 Å². The Hall–Kier alpha value is -5.61. The largest absolute Gasteiger partial charge is 0.508 e. The van der Waals surface area contributed by atoms with Crippen molar-refractivity contribution in [2.75, 3.05) is 61.0 Å². The van der Waals surface area contributed by atoms with Gasteiger partial charge < -0.3 is 34.3 Å². The number of fused-ring (bicyclic) bond motifs is 6. The van der Waals surface area contributed by atoms with Crippen molar-refractivity contribution in [2.24, 2.45) is 17.3 Å². The molecule has 7 rings (SSSR count). The van der Waals surface area contributed by atoms with Crippen LogP contribution in [-0.4, -0.2) is 137 Å². The SMILES string of the molecule is C=CC(=O)N1CC[C@H](CN(C)[C@H](C(=O)N[C@H]2Cc3cc(O)cc(c3)-c3ccc4c(c3)c(c(-c3cc(CN(C)C)cnc3COC)n4CC)CC(C)(C)COC(=O)[C@@H]3CCCN(N3)C2=O)C(C)C)C1. The molecule has 3 amide bonds. The number of amides is 3. The Bertz CT molecular complexity index is 2510. The number of rotatable bonds is 13. The molecule has 0 radical (unpaired) electrons. The Labute approximate surface area is 401 Å². The van der Waals surface area contributed by atoms with E-state index < -0.39 is 35.4 Å². The molecule has 3 N–H and O–H groups in total. The summed E-state index contributed by atoms with van der Waals surface area (Å²) in [5, 5.41) is 17.0. The molecule has 0 aliphatic carbocycles. The van der Waals surface area contributed by atoms with E-state index in [1.54, 1.807) is 24.1 Å². The first-order chi connectivity index (χ1) is 32.4. The van der Waals surface area contributed by atoms with Crippen LogP contribution in [0.1, 0.15) is 76.3 Å². The average molecular weight is 933 g/mol. The summed E-state index contributed by atoms with van der Waals surface area (Å²) in [6.07, 6.45) is 5.72. The van der Waals surface area contributed by atoms with Crippen LogP contribution in [0, 0.1) is 17.3 Å². The Morgan fingerprint density at radius 2 is 1.87 bits per heavy atom. The van der Waals surface area contributed by atoms with Gasteiger partial charge in [-0.2, -0.15) is 0 Å². The lowest BCUT2D eigenvalue weighted by molar-refractivity contribution is -0.155. The lowest BCUT2D eigenvalue weighted by Gasteiger charge is -2.37. The summed E-state index contributed by atoms with van der Waals surface area (Å²) in [5.74, 6) is -1.14. The van der Waals surface area contributed by atoms with Gasteiger partial charge >= 0.3 is 5.97 Å². The number of aromatic nitrogens is 2. The van der Waals surface area contributed by atoms with Gasteiger partial charge in [0.15, 0.2) is 0 Å². The van der Waals surface area contributed by atoms with Crippen LogP contribution >= 0.6 is 0 Å². The van der Waals surface area contributed by atoms with Crippen LogP contribution in [0.2, 0.25) is 0 Å². The van der Waals surface area contributed by atoms with Crippen molar-refractivity contribution in [2.45, 2.75) is 105 Å². The first-order valence-corrected chi connectivity index (χ1v) is 24.2. The molecular weight excluding hydrogens is 861 g/mol. The van der Waals surface area contributed by atoms with Gasteiger partial charge in [-0.25, -0.2) is 5.43 Å². The van der Waals surface area contributed by atoms with E-state index in [4.69, 9.17) is 14.5 Å². The molecule has 0 spiro atoms. The average Bonchev–Trinajstić information content (AvgIpc) is 3.88. The molecule has 0 saturated carbocycles. The van der Waals surface area contributed by atoms with Crippen molar-refractivity contribution in [3.8, 4) is 28.1 Å². The molecule has 4 atom stereocenters. The number of likely N-dealkylation sites (N-methyl/N-ethyl adjacent to an activating group) is 1. The molecule has 15 heteroatoms. The zero-order chi connectivity index (χ0) is 49.0. The van der Waals surface area contributed by atoms with Crippen molar-refractivity contribution in [1.29, 1.82) is 0 Å². The highest BCUT2D eigenvalue weighted by Crippen LogP contribution is 2.42. The maximum atomic E-state index is 14.8. The molecular formula is C53H72N8O7. The number of ether oxygens (including phenoxy) is 2. The van der Waals surface area contributed by atoms with Crippen molar-refractivity contribution in [3.05, 3.63) is 83.7 Å². The molecule has 2 aromatic carbocycles. The van der Waals surface area contributed by atoms with Crippen LogP contribution in [0.3, 0.4) is 0 Å². The summed E-state index contributed by atoms with van der Waals surface area (Å²) < 4.78 is 14.2. The Morgan fingerprint density at radius 1 is 1.09 bits per heavy atom. The smallest absolute Gasteiger partial charge is 0.324 e. The van der Waals surface area contributed by atoms with E-state index in [1.807, 2.05) is 52.2 Å². The highest BCUT2D eigenvalue weighted by molar-refractivity contribution is 5.96. The molecule has 3 aliphatic heterocycles. The summed E-state index contributed by atoms with van der Waals surface area (Å²) in [5.41, 5.74) is 11.0. The molecule has 2 saturated heterocycles. The van der Waals surface area contributed by atoms with Gasteiger partial charge in [-0.15, -0.1) is 0 Å². The number of aromatic hydroxyl groups is 1. The molecule has 4 aromatic rings. The Kier molecular flexibility index (Phi) is 15.8. The van der Waals surface area contributed by atoms with Gasteiger partial charge in [-0.1, -0.05) is 46.4 Å². The standard InChI is InChI=1S/C53H72N8O7/c1-11-47(63)59-19-17-34(30-59)29-58(9)48(33(3)4)50(64)55-44-23-35-20-38(24-39(62)21-35)37-15-16-46-40(25-37)42(26-53(5,6)32-68-52(66)43-14-13-18-61(56-43)51(44)65)49(60(46)12-2)41-22-36(28-57(7)8)27-54-45(41)31-67-10/h11,15-16,20-22,24-25,27,33-34,43-44,48,56,62H,1,12-14,17-19,23,26,28-32H2,2-10H3,(H,55,64)/t34-,43+,44+,48+/m1/s1. The summed E-state index contributed by atoms with van der Waals surface area (Å²) in [4.78, 5) is 66.6. The van der Waals surface area contributed by atoms with E-state index in [0.717, 1.165) is 56.5 Å². The third kappa shape index (κ3) is 11.3. The van der Waals surface area contributed by atoms with Gasteiger partial charge in [0, 0.05) is 80.9 Å². The minimum atomic E-state index is -1.05. The number of pyridine rings is 1. The minimum absolute atomic E-state index is 0.0323. The highest BCUT2D eigenvalue weighted by Gasteiger charge is 2.38. The van der Waals surface area contributed by atoms with Crippen LogP contribution in [0.5, 0.6) is 5.75 Å². The van der Waals surface area contributed by atoms with Crippen molar-refractivity contribution >= 4 is 34.6 Å². The van der Waals surface area contributed by atoms with Crippen molar-refractivity contribution < 1.29 is 33.8 Å². The number of likely N-dealkylation sites (tertiary alicyclic amines) is 1. The number of methoxy groups -OCH3 is 1. The van der Waals surface area contributed by atoms with Gasteiger partial charge in [0.2, 0.25) is 11.8 Å². The fourth-order valence-electron chi connectivity index (χ4n) is 10.6. The van der Waals surface area contributed by atoms with Crippen LogP contribution < -0.4 is 10.7 Å². The van der Waals surface area contributed by atoms with Gasteiger partial charge in [0.1, 0.15) is 17.8 Å². The number of hydrogen-bond donors (Lipinski definition) is 3. The van der Waals surface area contributed by atoms with Crippen molar-refractivity contribution in [3.63, 3.8) is 0 Å². The number of carbonyl (C=O) groups excluding carboxylic acids is 4. The van der Waals surface area contributed by atoms with Crippen LogP contribution in [0.15, 0.2) is 61.3 Å². The van der Waals surface area contributed by atoms with E-state index in [1.165, 1.54) is 11.1 Å². The van der Waals surface area contributed by atoms with E-state index >= 15 is 0 Å². The van der Waals surface area contributed by atoms with E-state index in [2.05, 4.69) is 71.8 Å². The molecule has 2 fully saturated rings. The van der Waals surface area contributed by atoms with Gasteiger partial charge in [-0.3, -0.25) is 34.1 Å². The number of phenols is 1. The zero-order valence-electron chi connectivity index (χ0n) is 41.6. The molecule has 15 nitrogen and oxygen atoms in total. The normalized spacial score (nSPS) is 20.5. The molecule has 68 heavy (non-hydrogen) atoms. The molecule has 3 aliphatic rings. The minimum Gasteiger partial charge on any atom is -0.508 e. The maximum absolute atomic E-state index is 14.8. The van der Waals surface area contributed by atoms with Gasteiger partial charge in [-0.05, 0) is 130 Å². The van der Waals surface area contributed by atoms with Gasteiger partial charge in [0.25, 0.3) is 5.91 Å². The Balaban J connectivity index is 1.32. The number of hydrogen-bond acceptors (Lipinski definition) is 11. The fraction of sp³-hybridized carbons (Fsp3) is 0.528. The monoisotopic (exact) mass is 933 g/mol. The third-order valence-electron chi connectivity index (χ3n) is 13.6. The highest BCUT2D eigenvalue weighted by atomic mass is 16.5. The third-order valence-corrected chi connectivity index (χ3v) is 13.6. The number of cyclic esters (lactones) is 1. The predicted octanol–water partition coefficient (Wildman–Crippen LogP) is 5.94. The number of nitrogens with one attached hydrogen (secondary N) is 2. The topological polar surface area (TPSA) is 162 Å². The van der Waals surface area contributed by atoms with E-state index in [-0.39, 0.29) is 42.4 Å². The van der Waals surface area contributed by atoms with Gasteiger partial charge in [0.05, 0.1) is 30.6 Å². The number of hydrazine groups is 1. The quantitative estimate of drug-likeness (QED) is 0.108. The lowest BCUT2D eigenvalue weighted by Crippen LogP contribution is -2.62. The molecule has 2 aromatic heterocycles. The lowest BCUT2D eigenvalue weighted by atomic mass is 9.84. The second-order valence-electron chi connectivity index (χ2n) is 20.5. The first kappa shape index (κ1) is 50.3. The Morgan fingerprint density at radius 3 is 2.57 bits per heavy atom. The van der Waals surface area contributed by atoms with E-state index in [9.17, 15) is 24.3 Å². The summed E-state index contributed by atoms with van der Waals surface area (Å²) in [6.45, 7) is 17.9. The zero-order valence-corrected chi connectivity index (χ0v) is 41.6. The number of benzene rings is 2. The number of phenolic OH excluding ortho intramolecular Hbond substituents is 1. The summed E-state index contributed by atoms with van der Waals surface area (Å²) in [6, 6.07) is 11.5. The molecule has 6 bridgehead atoms. The summed E-state index contributed by atoms with van der Waals surface area (Å²) in [7, 11) is 7.67. The second kappa shape index (κ2) is 21.4. The predicted molar refractivity (Wildman–Crippen MR) is 264 cm³/mol. The fourth-order valence-corrected chi connectivity index (χ4v) is 10.6. The maximum Gasteiger partial charge on any atom is 0.324 e. The molecule has 0 unspecified atom stereocenters. The van der Waals surface area contributed by atoms with E-state index in [0.29, 0.717) is 70.7 Å². The number of carbonyl (C=O) groups is 4. The number of aryl methyl sites for hydroxylation is 1. The van der Waals surface area contributed by atoms with Crippen LogP contribution in [0.4, 0.5) is 0 Å². The van der Waals surface area contributed by atoms with Crippen LogP contribution in [0.25, 0.3) is 33.3 Å².